The predicted molar refractivity (Wildman–Crippen MR) is 110 cm³/mol. The van der Waals surface area contributed by atoms with Gasteiger partial charge in [-0.3, -0.25) is 4.79 Å². The molecule has 0 aliphatic rings. The molecule has 0 spiro atoms. The zero-order valence-electron chi connectivity index (χ0n) is 13.9. The minimum absolute atomic E-state index is 0.130. The average molecular weight is 466 g/mol. The maximum Gasteiger partial charge on any atom is 0.277 e. The Hall–Kier alpha value is -2.22. The molecule has 3 rings (SSSR count). The third-order valence-electron chi connectivity index (χ3n) is 3.20. The molecule has 0 radical (unpaired) electrons. The first-order valence-electron chi connectivity index (χ1n) is 7.82. The van der Waals surface area contributed by atoms with Crippen LogP contribution in [0.15, 0.2) is 84.6 Å². The number of carbonyl (C=O) groups excluding carboxylic acids is 1. The average Bonchev–Trinajstić information content (AvgIpc) is 3.10. The zero-order valence-corrected chi connectivity index (χ0v) is 17.1. The molecule has 0 fully saturated rings. The van der Waals surface area contributed by atoms with Gasteiger partial charge < -0.3 is 9.15 Å². The molecule has 0 saturated heterocycles. The van der Waals surface area contributed by atoms with Crippen molar-refractivity contribution in [2.24, 2.45) is 5.10 Å². The molecule has 8 heteroatoms. The number of ether oxygens (including phenoxy) is 1. The predicted octanol–water partition coefficient (Wildman–Crippen LogP) is 5.38. The highest BCUT2D eigenvalue weighted by Crippen LogP contribution is 2.29. The van der Waals surface area contributed by atoms with Gasteiger partial charge in [0.05, 0.1) is 6.21 Å². The second kappa shape index (κ2) is 9.64. The largest absolute Gasteiger partial charge is 0.484 e. The van der Waals surface area contributed by atoms with Crippen molar-refractivity contribution >= 4 is 51.4 Å². The summed E-state index contributed by atoms with van der Waals surface area (Å²) in [6.07, 6.45) is 1.43. The van der Waals surface area contributed by atoms with Crippen LogP contribution in [0.4, 0.5) is 0 Å². The van der Waals surface area contributed by atoms with Gasteiger partial charge in [-0.15, -0.1) is 0 Å². The van der Waals surface area contributed by atoms with Crippen LogP contribution in [0.1, 0.15) is 5.76 Å². The molecular formula is C19H14BrClN2O3S. The van der Waals surface area contributed by atoms with Gasteiger partial charge in [-0.25, -0.2) is 5.43 Å². The van der Waals surface area contributed by atoms with Crippen molar-refractivity contribution in [2.75, 3.05) is 6.61 Å². The van der Waals surface area contributed by atoms with E-state index in [0.29, 0.717) is 21.6 Å². The van der Waals surface area contributed by atoms with Crippen LogP contribution in [-0.4, -0.2) is 18.7 Å². The fourth-order valence-electron chi connectivity index (χ4n) is 1.96. The maximum atomic E-state index is 11.7. The number of nitrogens with one attached hydrogen (secondary N) is 1. The molecule has 1 amide bonds. The van der Waals surface area contributed by atoms with Crippen molar-refractivity contribution in [1.29, 1.82) is 0 Å². The molecule has 0 saturated carbocycles. The van der Waals surface area contributed by atoms with Gasteiger partial charge in [-0.2, -0.15) is 5.10 Å². The highest BCUT2D eigenvalue weighted by Gasteiger charge is 2.04. The molecule has 0 unspecified atom stereocenters. The lowest BCUT2D eigenvalue weighted by Crippen LogP contribution is -2.24. The van der Waals surface area contributed by atoms with E-state index in [-0.39, 0.29) is 12.5 Å². The smallest absolute Gasteiger partial charge is 0.277 e. The summed E-state index contributed by atoms with van der Waals surface area (Å²) in [6.45, 7) is -0.130. The fraction of sp³-hybridized carbons (Fsp3) is 0.0526. The number of carbonyl (C=O) groups is 1. The van der Waals surface area contributed by atoms with Crippen LogP contribution in [0.5, 0.6) is 5.75 Å². The molecule has 1 aromatic heterocycles. The Balaban J connectivity index is 1.45. The number of amides is 1. The van der Waals surface area contributed by atoms with Crippen molar-refractivity contribution in [3.63, 3.8) is 0 Å². The van der Waals surface area contributed by atoms with E-state index in [4.69, 9.17) is 20.8 Å². The molecule has 1 N–H and O–H groups in total. The molecule has 2 aromatic carbocycles. The summed E-state index contributed by atoms with van der Waals surface area (Å²) in [5.74, 6) is 0.768. The van der Waals surface area contributed by atoms with Gasteiger partial charge in [0.15, 0.2) is 11.7 Å². The lowest BCUT2D eigenvalue weighted by atomic mass is 10.3. The summed E-state index contributed by atoms with van der Waals surface area (Å²) in [6, 6.07) is 18.3. The highest BCUT2D eigenvalue weighted by atomic mass is 79.9. The molecule has 5 nitrogen and oxygen atoms in total. The minimum Gasteiger partial charge on any atom is -0.484 e. The van der Waals surface area contributed by atoms with E-state index in [1.54, 1.807) is 18.2 Å². The van der Waals surface area contributed by atoms with E-state index in [1.165, 1.54) is 18.0 Å². The molecular weight excluding hydrogens is 452 g/mol. The first kappa shape index (κ1) is 19.5. The van der Waals surface area contributed by atoms with E-state index in [0.717, 1.165) is 9.37 Å². The monoisotopic (exact) mass is 464 g/mol. The number of nitrogens with zero attached hydrogens (tertiary/aromatic N) is 1. The van der Waals surface area contributed by atoms with Crippen LogP contribution in [-0.2, 0) is 4.79 Å². The summed E-state index contributed by atoms with van der Waals surface area (Å²) in [7, 11) is 0. The molecule has 0 aliphatic heterocycles. The standard InChI is InChI=1S/C19H14BrClN2O3S/c20-13-1-5-15(6-2-13)25-12-18(24)23-22-11-16-7-10-19(26-16)27-17-8-3-14(21)4-9-17/h1-11H,12H2,(H,23,24)/b22-11-. The van der Waals surface area contributed by atoms with Crippen LogP contribution in [0.3, 0.4) is 0 Å². The van der Waals surface area contributed by atoms with Crippen LogP contribution >= 0.6 is 39.3 Å². The van der Waals surface area contributed by atoms with Crippen molar-refractivity contribution in [2.45, 2.75) is 9.99 Å². The molecule has 27 heavy (non-hydrogen) atoms. The second-order valence-electron chi connectivity index (χ2n) is 5.25. The molecule has 0 atom stereocenters. The Bertz CT molecular complexity index is 927. The first-order valence-corrected chi connectivity index (χ1v) is 9.81. The second-order valence-corrected chi connectivity index (χ2v) is 7.68. The summed E-state index contributed by atoms with van der Waals surface area (Å²) in [4.78, 5) is 12.8. The highest BCUT2D eigenvalue weighted by molar-refractivity contribution is 9.10. The Morgan fingerprint density at radius 3 is 2.63 bits per heavy atom. The quantitative estimate of drug-likeness (QED) is 0.376. The van der Waals surface area contributed by atoms with Gasteiger partial charge in [0.25, 0.3) is 5.91 Å². The summed E-state index contributed by atoms with van der Waals surface area (Å²) >= 11 is 10.7. The van der Waals surface area contributed by atoms with Crippen LogP contribution in [0, 0.1) is 0 Å². The number of hydrogen-bond donors (Lipinski definition) is 1. The van der Waals surface area contributed by atoms with Gasteiger partial charge in [0.2, 0.25) is 0 Å². The fourth-order valence-corrected chi connectivity index (χ4v) is 3.13. The lowest BCUT2D eigenvalue weighted by molar-refractivity contribution is -0.123. The molecule has 3 aromatic rings. The van der Waals surface area contributed by atoms with E-state index in [9.17, 15) is 4.79 Å². The summed E-state index contributed by atoms with van der Waals surface area (Å²) < 4.78 is 11.9. The maximum absolute atomic E-state index is 11.7. The van der Waals surface area contributed by atoms with Gasteiger partial charge in [-0.1, -0.05) is 39.3 Å². The summed E-state index contributed by atoms with van der Waals surface area (Å²) in [5, 5.41) is 5.27. The van der Waals surface area contributed by atoms with Crippen LogP contribution in [0.25, 0.3) is 0 Å². The van der Waals surface area contributed by atoms with Gasteiger partial charge >= 0.3 is 0 Å². The normalized spacial score (nSPS) is 10.9. The van der Waals surface area contributed by atoms with Crippen molar-refractivity contribution < 1.29 is 13.9 Å². The molecule has 0 aliphatic carbocycles. The number of benzene rings is 2. The summed E-state index contributed by atoms with van der Waals surface area (Å²) in [5.41, 5.74) is 2.39. The molecule has 1 heterocycles. The third-order valence-corrected chi connectivity index (χ3v) is 4.91. The van der Waals surface area contributed by atoms with Crippen LogP contribution in [0.2, 0.25) is 5.02 Å². The SMILES string of the molecule is O=C(COc1ccc(Br)cc1)N/N=C\c1ccc(Sc2ccc(Cl)cc2)o1. The minimum atomic E-state index is -0.364. The Morgan fingerprint density at radius 2 is 1.89 bits per heavy atom. The number of hydrazone groups is 1. The zero-order chi connectivity index (χ0) is 19.1. The van der Waals surface area contributed by atoms with Crippen molar-refractivity contribution in [3.8, 4) is 5.75 Å². The number of halogens is 2. The Labute approximate surface area is 173 Å². The third kappa shape index (κ3) is 6.46. The Kier molecular flexibility index (Phi) is 6.98. The number of furan rings is 1. The molecule has 138 valence electrons. The van der Waals surface area contributed by atoms with E-state index >= 15 is 0 Å². The van der Waals surface area contributed by atoms with Crippen LogP contribution < -0.4 is 10.2 Å². The van der Waals surface area contributed by atoms with Gasteiger partial charge in [-0.05, 0) is 60.7 Å². The van der Waals surface area contributed by atoms with Gasteiger partial charge in [0, 0.05) is 14.4 Å². The van der Waals surface area contributed by atoms with E-state index in [2.05, 4.69) is 26.5 Å². The Morgan fingerprint density at radius 1 is 1.15 bits per heavy atom. The topological polar surface area (TPSA) is 63.8 Å². The van der Waals surface area contributed by atoms with E-state index < -0.39 is 0 Å². The van der Waals surface area contributed by atoms with Crippen molar-refractivity contribution in [1.82, 2.24) is 5.43 Å². The molecule has 0 bridgehead atoms. The van der Waals surface area contributed by atoms with Gasteiger partial charge in [0.1, 0.15) is 11.5 Å². The first-order chi connectivity index (χ1) is 13.1. The number of rotatable bonds is 7. The van der Waals surface area contributed by atoms with Crippen molar-refractivity contribution in [3.05, 3.63) is 75.9 Å². The lowest BCUT2D eigenvalue weighted by Gasteiger charge is -2.04. The van der Waals surface area contributed by atoms with E-state index in [1.807, 2.05) is 42.5 Å². The number of hydrogen-bond acceptors (Lipinski definition) is 5.